The molecule has 4 nitrogen and oxygen atoms in total. The lowest BCUT2D eigenvalue weighted by Gasteiger charge is -2.22. The van der Waals surface area contributed by atoms with E-state index in [2.05, 4.69) is 0 Å². The van der Waals surface area contributed by atoms with E-state index in [1.165, 1.54) is 21.3 Å². The Morgan fingerprint density at radius 1 is 0.867 bits per heavy atom. The second-order valence-corrected chi connectivity index (χ2v) is 5.96. The number of hydrogen-bond acceptors (Lipinski definition) is 4. The van der Waals surface area contributed by atoms with Crippen molar-refractivity contribution >= 4 is 20.6 Å². The Bertz CT molecular complexity index is 136. The summed E-state index contributed by atoms with van der Waals surface area (Å²) < 4.78 is 20.8. The highest BCUT2D eigenvalue weighted by molar-refractivity contribution is 6.53. The molecule has 0 aromatic heterocycles. The van der Waals surface area contributed by atoms with Crippen LogP contribution in [-0.2, 0) is 17.7 Å². The first-order valence-electron chi connectivity index (χ1n) is 5.10. The van der Waals surface area contributed by atoms with Gasteiger partial charge in [0.15, 0.2) is 0 Å². The molecular weight excluding hydrogens is 236 g/mol. The van der Waals surface area contributed by atoms with Crippen LogP contribution in [0.1, 0.15) is 25.7 Å². The Hall–Kier alpha value is 0.347. The quantitative estimate of drug-likeness (QED) is 0.341. The van der Waals surface area contributed by atoms with Gasteiger partial charge in [-0.2, -0.15) is 0 Å². The van der Waals surface area contributed by atoms with E-state index in [0.717, 1.165) is 31.6 Å². The molecule has 0 spiro atoms. The van der Waals surface area contributed by atoms with E-state index in [9.17, 15) is 0 Å². The van der Waals surface area contributed by atoms with E-state index in [-0.39, 0.29) is 0 Å². The van der Waals surface area contributed by atoms with Gasteiger partial charge in [-0.3, -0.25) is 0 Å². The lowest BCUT2D eigenvalue weighted by molar-refractivity contribution is 0.00506. The minimum Gasteiger partial charge on any atom is -0.355 e. The van der Waals surface area contributed by atoms with E-state index < -0.39 is 9.05 Å². The predicted octanol–water partition coefficient (Wildman–Crippen LogP) is 2.18. The van der Waals surface area contributed by atoms with Gasteiger partial charge in [0, 0.05) is 33.8 Å². The molecule has 0 amide bonds. The normalized spacial score (nSPS) is 12.0. The molecule has 92 valence electrons. The topological polar surface area (TPSA) is 36.9 Å². The van der Waals surface area contributed by atoms with Gasteiger partial charge in [-0.25, -0.2) is 0 Å². The first-order chi connectivity index (χ1) is 7.24. The summed E-state index contributed by atoms with van der Waals surface area (Å²) in [6.07, 6.45) is 4.27. The molecule has 0 aliphatic rings. The molecule has 0 aliphatic carbocycles. The third kappa shape index (κ3) is 6.50. The number of alkyl halides is 1. The molecule has 15 heavy (non-hydrogen) atoms. The molecule has 0 atom stereocenters. The molecular formula is C9H21ClO4Si. The molecule has 0 bridgehead atoms. The Morgan fingerprint density at radius 3 is 1.87 bits per heavy atom. The van der Waals surface area contributed by atoms with Crippen molar-refractivity contribution in [1.29, 1.82) is 0 Å². The third-order valence-corrected chi connectivity index (χ3v) is 4.38. The van der Waals surface area contributed by atoms with Gasteiger partial charge in [-0.05, 0) is 12.8 Å². The van der Waals surface area contributed by atoms with Crippen LogP contribution in [0, 0.1) is 0 Å². The summed E-state index contributed by atoms with van der Waals surface area (Å²) in [6.45, 7) is 0.601. The smallest absolute Gasteiger partial charge is 0.355 e. The van der Waals surface area contributed by atoms with Crippen molar-refractivity contribution in [2.75, 3.05) is 33.8 Å². The highest BCUT2D eigenvalue weighted by Gasteiger charge is 2.41. The van der Waals surface area contributed by atoms with Crippen LogP contribution >= 0.6 is 11.6 Å². The zero-order valence-corrected chi connectivity index (χ0v) is 11.5. The lowest BCUT2D eigenvalue weighted by atomic mass is 10.2. The molecule has 0 heterocycles. The second-order valence-electron chi connectivity index (χ2n) is 3.06. The molecule has 0 aliphatic heterocycles. The minimum atomic E-state index is -2.81. The van der Waals surface area contributed by atoms with Crippen molar-refractivity contribution in [3.05, 3.63) is 0 Å². The molecule has 0 radical (unpaired) electrons. The van der Waals surface area contributed by atoms with Crippen LogP contribution in [0.3, 0.4) is 0 Å². The van der Waals surface area contributed by atoms with E-state index in [0.29, 0.717) is 6.61 Å². The van der Waals surface area contributed by atoms with Crippen LogP contribution in [0.15, 0.2) is 0 Å². The summed E-state index contributed by atoms with van der Waals surface area (Å²) in [5, 5.41) is 0. The molecule has 0 aromatic rings. The van der Waals surface area contributed by atoms with Gasteiger partial charge >= 0.3 is 9.05 Å². The van der Waals surface area contributed by atoms with Crippen LogP contribution < -0.4 is 0 Å². The molecule has 0 N–H and O–H groups in total. The maximum absolute atomic E-state index is 5.57. The fraction of sp³-hybridized carbons (Fsp3) is 1.00. The molecule has 0 saturated heterocycles. The summed E-state index contributed by atoms with van der Waals surface area (Å²) in [5.74, 6) is 0.730. The maximum atomic E-state index is 5.57. The van der Waals surface area contributed by atoms with Gasteiger partial charge in [0.25, 0.3) is 0 Å². The van der Waals surface area contributed by atoms with Gasteiger partial charge in [-0.15, -0.1) is 11.6 Å². The average molecular weight is 257 g/mol. The number of hydrogen-bond donors (Lipinski definition) is 0. The van der Waals surface area contributed by atoms with Crippen LogP contribution in [0.2, 0.25) is 0 Å². The van der Waals surface area contributed by atoms with Gasteiger partial charge < -0.3 is 17.7 Å². The summed E-state index contributed by atoms with van der Waals surface area (Å²) in [5.41, 5.74) is 0. The highest BCUT2D eigenvalue weighted by Crippen LogP contribution is 2.09. The van der Waals surface area contributed by atoms with Crippen molar-refractivity contribution in [3.8, 4) is 0 Å². The molecule has 0 aromatic carbocycles. The first kappa shape index (κ1) is 15.3. The Labute approximate surface area is 98.3 Å². The van der Waals surface area contributed by atoms with Crippen LogP contribution in [-0.4, -0.2) is 42.9 Å². The Kier molecular flexibility index (Phi) is 9.79. The van der Waals surface area contributed by atoms with Crippen molar-refractivity contribution in [1.82, 2.24) is 0 Å². The lowest BCUT2D eigenvalue weighted by Crippen LogP contribution is -2.46. The van der Waals surface area contributed by atoms with Crippen LogP contribution in [0.5, 0.6) is 0 Å². The van der Waals surface area contributed by atoms with E-state index in [1.54, 1.807) is 0 Å². The second kappa shape index (κ2) is 9.56. The summed E-state index contributed by atoms with van der Waals surface area (Å²) in [4.78, 5) is 0. The molecule has 0 rings (SSSR count). The van der Waals surface area contributed by atoms with E-state index in [4.69, 9.17) is 29.3 Å². The van der Waals surface area contributed by atoms with Crippen molar-refractivity contribution < 1.29 is 17.7 Å². The average Bonchev–Trinajstić information content (AvgIpc) is 2.29. The molecule has 0 fully saturated rings. The van der Waals surface area contributed by atoms with Crippen LogP contribution in [0.25, 0.3) is 0 Å². The fourth-order valence-electron chi connectivity index (χ4n) is 1.17. The van der Waals surface area contributed by atoms with Crippen LogP contribution in [0.4, 0.5) is 0 Å². The summed E-state index contributed by atoms with van der Waals surface area (Å²) in [7, 11) is 1.79. The Morgan fingerprint density at radius 2 is 1.40 bits per heavy atom. The molecule has 0 unspecified atom stereocenters. The maximum Gasteiger partial charge on any atom is 0.678 e. The third-order valence-electron chi connectivity index (χ3n) is 2.06. The monoisotopic (exact) mass is 256 g/mol. The molecule has 6 heteroatoms. The zero-order chi connectivity index (χ0) is 11.6. The Balaban J connectivity index is 3.54. The number of unbranched alkanes of at least 4 members (excludes halogenated alkanes) is 3. The van der Waals surface area contributed by atoms with Crippen molar-refractivity contribution in [2.45, 2.75) is 25.7 Å². The minimum absolute atomic E-state index is 0.601. The number of rotatable bonds is 10. The van der Waals surface area contributed by atoms with Crippen molar-refractivity contribution in [3.63, 3.8) is 0 Å². The van der Waals surface area contributed by atoms with E-state index >= 15 is 0 Å². The largest absolute Gasteiger partial charge is 0.678 e. The fourth-order valence-corrected chi connectivity index (χ4v) is 2.61. The number of halogens is 1. The van der Waals surface area contributed by atoms with Gasteiger partial charge in [0.1, 0.15) is 0 Å². The van der Waals surface area contributed by atoms with Gasteiger partial charge in [0.05, 0.1) is 0 Å². The highest BCUT2D eigenvalue weighted by atomic mass is 35.5. The van der Waals surface area contributed by atoms with Crippen molar-refractivity contribution in [2.24, 2.45) is 0 Å². The van der Waals surface area contributed by atoms with E-state index in [1.807, 2.05) is 0 Å². The summed E-state index contributed by atoms with van der Waals surface area (Å²) in [6, 6.07) is 0. The SMILES string of the molecule is CO[Si](OC)(OC)OCCCCCCCl. The van der Waals surface area contributed by atoms with Gasteiger partial charge in [-0.1, -0.05) is 12.8 Å². The van der Waals surface area contributed by atoms with Gasteiger partial charge in [0.2, 0.25) is 0 Å². The predicted molar refractivity (Wildman–Crippen MR) is 61.9 cm³/mol. The first-order valence-corrected chi connectivity index (χ1v) is 7.26. The molecule has 0 saturated carbocycles. The zero-order valence-electron chi connectivity index (χ0n) is 9.75. The summed E-state index contributed by atoms with van der Waals surface area (Å²) >= 11 is 5.57. The standard InChI is InChI=1S/C9H21ClO4Si/c1-11-15(12-2,13-3)14-9-7-5-4-6-8-10/h4-9H2,1-3H3.